The van der Waals surface area contributed by atoms with Crippen LogP contribution in [0.4, 0.5) is 0 Å². The number of carbonyl (C=O) groups excluding carboxylic acids is 1. The molecule has 0 radical (unpaired) electrons. The molecule has 0 aromatic rings. The van der Waals surface area contributed by atoms with Gasteiger partial charge in [-0.3, -0.25) is 9.69 Å². The summed E-state index contributed by atoms with van der Waals surface area (Å²) in [6, 6.07) is 0.659. The summed E-state index contributed by atoms with van der Waals surface area (Å²) >= 11 is 0. The van der Waals surface area contributed by atoms with Gasteiger partial charge in [0.2, 0.25) is 5.91 Å². The van der Waals surface area contributed by atoms with Crippen molar-refractivity contribution in [3.63, 3.8) is 0 Å². The summed E-state index contributed by atoms with van der Waals surface area (Å²) in [5.41, 5.74) is 6.34. The van der Waals surface area contributed by atoms with Gasteiger partial charge in [0.1, 0.15) is 0 Å². The van der Waals surface area contributed by atoms with Crippen LogP contribution in [-0.4, -0.2) is 67.2 Å². The van der Waals surface area contributed by atoms with Gasteiger partial charge in [-0.2, -0.15) is 0 Å². The molecule has 4 rings (SSSR count). The Hall–Kier alpha value is -0.0700. The maximum atomic E-state index is 12.9. The maximum absolute atomic E-state index is 12.9. The van der Waals surface area contributed by atoms with E-state index >= 15 is 0 Å². The summed E-state index contributed by atoms with van der Waals surface area (Å²) in [6.45, 7) is 5.52. The Bertz CT molecular complexity index is 418. The molecule has 1 amide bonds. The molecule has 2 aliphatic carbocycles. The molecule has 2 saturated heterocycles. The van der Waals surface area contributed by atoms with Crippen LogP contribution < -0.4 is 5.73 Å². The first kappa shape index (κ1) is 19.3. The van der Waals surface area contributed by atoms with Crippen LogP contribution in [0.3, 0.4) is 0 Å². The molecule has 2 heterocycles. The van der Waals surface area contributed by atoms with Gasteiger partial charge in [0, 0.05) is 38.3 Å². The van der Waals surface area contributed by atoms with Gasteiger partial charge < -0.3 is 15.4 Å². The predicted molar refractivity (Wildman–Crippen MR) is 94.2 cm³/mol. The number of carbonyl (C=O) groups is 1. The zero-order chi connectivity index (χ0) is 14.4. The van der Waals surface area contributed by atoms with Gasteiger partial charge in [-0.05, 0) is 37.5 Å². The minimum Gasteiger partial charge on any atom is -0.379 e. The molecule has 23 heavy (non-hydrogen) atoms. The Morgan fingerprint density at radius 1 is 1.00 bits per heavy atom. The molecule has 2 N–H and O–H groups in total. The lowest BCUT2D eigenvalue weighted by Gasteiger charge is -2.33. The van der Waals surface area contributed by atoms with E-state index in [1.807, 2.05) is 0 Å². The first-order chi connectivity index (χ1) is 10.2. The summed E-state index contributed by atoms with van der Waals surface area (Å²) < 4.78 is 5.42. The summed E-state index contributed by atoms with van der Waals surface area (Å²) in [7, 11) is 0. The number of nitrogens with zero attached hydrogens (tertiary/aromatic N) is 2. The van der Waals surface area contributed by atoms with E-state index < -0.39 is 0 Å². The monoisotopic (exact) mass is 365 g/mol. The second-order valence-electron chi connectivity index (χ2n) is 7.31. The van der Waals surface area contributed by atoms with E-state index in [1.54, 1.807) is 0 Å². The first-order valence-corrected chi connectivity index (χ1v) is 8.60. The van der Waals surface area contributed by atoms with Crippen LogP contribution in [-0.2, 0) is 9.53 Å². The molecule has 2 saturated carbocycles. The van der Waals surface area contributed by atoms with Crippen molar-refractivity contribution < 1.29 is 9.53 Å². The van der Waals surface area contributed by atoms with E-state index in [-0.39, 0.29) is 36.8 Å². The van der Waals surface area contributed by atoms with E-state index in [2.05, 4.69) is 9.80 Å². The fraction of sp³-hybridized carbons (Fsp3) is 0.938. The van der Waals surface area contributed by atoms with Gasteiger partial charge in [-0.15, -0.1) is 24.8 Å². The summed E-state index contributed by atoms with van der Waals surface area (Å²) in [5, 5.41) is 0. The second-order valence-corrected chi connectivity index (χ2v) is 7.31. The Morgan fingerprint density at radius 3 is 2.35 bits per heavy atom. The number of hydrogen-bond acceptors (Lipinski definition) is 4. The lowest BCUT2D eigenvalue weighted by molar-refractivity contribution is -0.136. The smallest absolute Gasteiger partial charge is 0.227 e. The molecular formula is C16H29Cl2N3O2. The molecule has 134 valence electrons. The van der Waals surface area contributed by atoms with Gasteiger partial charge in [-0.1, -0.05) is 0 Å². The van der Waals surface area contributed by atoms with E-state index in [0.717, 1.165) is 45.8 Å². The number of nitrogens with two attached hydrogens (primary N) is 1. The van der Waals surface area contributed by atoms with Crippen LogP contribution in [0.15, 0.2) is 0 Å². The third kappa shape index (κ3) is 3.49. The van der Waals surface area contributed by atoms with Crippen molar-refractivity contribution in [1.29, 1.82) is 0 Å². The lowest BCUT2D eigenvalue weighted by Crippen LogP contribution is -2.48. The average Bonchev–Trinajstić information content (AvgIpc) is 3.23. The highest BCUT2D eigenvalue weighted by molar-refractivity contribution is 5.85. The van der Waals surface area contributed by atoms with Gasteiger partial charge in [0.15, 0.2) is 0 Å². The van der Waals surface area contributed by atoms with Crippen LogP contribution in [0.5, 0.6) is 0 Å². The number of hydrogen-bond donors (Lipinski definition) is 1. The molecule has 5 nitrogen and oxygen atoms in total. The number of amides is 1. The molecule has 7 heteroatoms. The first-order valence-electron chi connectivity index (χ1n) is 8.60. The van der Waals surface area contributed by atoms with Crippen molar-refractivity contribution >= 4 is 30.7 Å². The number of halogens is 2. The highest BCUT2D eigenvalue weighted by atomic mass is 35.5. The zero-order valence-electron chi connectivity index (χ0n) is 13.6. The topological polar surface area (TPSA) is 58.8 Å². The van der Waals surface area contributed by atoms with Crippen LogP contribution in [0, 0.1) is 17.8 Å². The Kier molecular flexibility index (Phi) is 6.59. The summed E-state index contributed by atoms with van der Waals surface area (Å²) in [4.78, 5) is 17.5. The van der Waals surface area contributed by atoms with Crippen LogP contribution in [0.25, 0.3) is 0 Å². The Balaban J connectivity index is 0.000000960. The summed E-state index contributed by atoms with van der Waals surface area (Å²) in [5.74, 6) is 1.65. The highest BCUT2D eigenvalue weighted by Crippen LogP contribution is 2.48. The second kappa shape index (κ2) is 7.87. The molecule has 4 aliphatic rings. The van der Waals surface area contributed by atoms with E-state index in [9.17, 15) is 4.79 Å². The fourth-order valence-corrected chi connectivity index (χ4v) is 5.10. The van der Waals surface area contributed by atoms with Gasteiger partial charge in [0.25, 0.3) is 0 Å². The van der Waals surface area contributed by atoms with Gasteiger partial charge >= 0.3 is 0 Å². The minimum atomic E-state index is 0. The number of likely N-dealkylation sites (tertiary alicyclic amines) is 1. The number of fused-ring (bicyclic) bond motifs is 2. The van der Waals surface area contributed by atoms with E-state index in [1.165, 1.54) is 19.3 Å². The molecule has 5 unspecified atom stereocenters. The van der Waals surface area contributed by atoms with Gasteiger partial charge in [0.05, 0.1) is 19.1 Å². The van der Waals surface area contributed by atoms with E-state index in [4.69, 9.17) is 10.5 Å². The van der Waals surface area contributed by atoms with Gasteiger partial charge in [-0.25, -0.2) is 0 Å². The molecule has 2 aliphatic heterocycles. The van der Waals surface area contributed by atoms with Crippen molar-refractivity contribution in [3.8, 4) is 0 Å². The fourth-order valence-electron chi connectivity index (χ4n) is 5.10. The van der Waals surface area contributed by atoms with Crippen molar-refractivity contribution in [2.24, 2.45) is 23.5 Å². The van der Waals surface area contributed by atoms with Crippen molar-refractivity contribution in [2.45, 2.75) is 37.8 Å². The molecule has 4 fully saturated rings. The largest absolute Gasteiger partial charge is 0.379 e. The normalized spacial score (nSPS) is 39.9. The summed E-state index contributed by atoms with van der Waals surface area (Å²) in [6.07, 6.45) is 4.77. The number of ether oxygens (including phenoxy) is 1. The average molecular weight is 366 g/mol. The lowest BCUT2D eigenvalue weighted by atomic mass is 9.84. The van der Waals surface area contributed by atoms with Crippen molar-refractivity contribution in [2.75, 3.05) is 39.4 Å². The van der Waals surface area contributed by atoms with Crippen LogP contribution in [0.2, 0.25) is 0 Å². The van der Waals surface area contributed by atoms with Crippen molar-refractivity contribution in [1.82, 2.24) is 9.80 Å². The molecule has 0 spiro atoms. The van der Waals surface area contributed by atoms with Crippen LogP contribution in [0.1, 0.15) is 25.7 Å². The predicted octanol–water partition coefficient (Wildman–Crippen LogP) is 1.14. The number of rotatable bonds is 2. The highest BCUT2D eigenvalue weighted by Gasteiger charge is 2.50. The van der Waals surface area contributed by atoms with Crippen LogP contribution >= 0.6 is 24.8 Å². The molecule has 0 aromatic carbocycles. The zero-order valence-corrected chi connectivity index (χ0v) is 15.2. The third-order valence-electron chi connectivity index (χ3n) is 6.30. The number of morpholine rings is 1. The SMILES string of the molecule is Cl.Cl.NC1C2CCC(C2)C1C(=O)N1CCC(N2CCOCC2)C1. The molecular weight excluding hydrogens is 337 g/mol. The molecule has 2 bridgehead atoms. The standard InChI is InChI=1S/C16H27N3O2.2ClH/c17-15-12-2-1-11(9-12)14(15)16(20)19-4-3-13(10-19)18-5-7-21-8-6-18;;/h11-15H,1-10,17H2;2*1H. The Morgan fingerprint density at radius 2 is 1.70 bits per heavy atom. The quantitative estimate of drug-likeness (QED) is 0.796. The molecule has 0 aromatic heterocycles. The third-order valence-corrected chi connectivity index (χ3v) is 6.30. The molecule has 5 atom stereocenters. The maximum Gasteiger partial charge on any atom is 0.227 e. The van der Waals surface area contributed by atoms with Crippen molar-refractivity contribution in [3.05, 3.63) is 0 Å². The van der Waals surface area contributed by atoms with E-state index in [0.29, 0.717) is 23.8 Å². The Labute approximate surface area is 151 Å². The minimum absolute atomic E-state index is 0.